The Hall–Kier alpha value is -3.14. The number of anilines is 1. The molecule has 0 heterocycles. The maximum absolute atomic E-state index is 14.0. The minimum atomic E-state index is -3.99. The van der Waals surface area contributed by atoms with E-state index in [4.69, 9.17) is 23.2 Å². The second-order valence-corrected chi connectivity index (χ2v) is 12.1. The van der Waals surface area contributed by atoms with Crippen molar-refractivity contribution in [2.75, 3.05) is 23.7 Å². The number of unbranched alkanes of at least 4 members (excludes halogenated alkanes) is 1. The molecule has 40 heavy (non-hydrogen) atoms. The smallest absolute Gasteiger partial charge is 0.244 e. The van der Waals surface area contributed by atoms with Crippen molar-refractivity contribution >= 4 is 50.7 Å². The van der Waals surface area contributed by atoms with Crippen LogP contribution < -0.4 is 9.62 Å². The maximum atomic E-state index is 14.0. The van der Waals surface area contributed by atoms with E-state index >= 15 is 0 Å². The predicted octanol–water partition coefficient (Wildman–Crippen LogP) is 5.45. The highest BCUT2D eigenvalue weighted by atomic mass is 35.5. The molecule has 3 aromatic carbocycles. The third kappa shape index (κ3) is 8.94. The topological polar surface area (TPSA) is 86.8 Å². The summed E-state index contributed by atoms with van der Waals surface area (Å²) in [5, 5.41) is 3.15. The van der Waals surface area contributed by atoms with Crippen LogP contribution in [0.15, 0.2) is 72.8 Å². The number of nitrogens with one attached hydrogen (secondary N) is 1. The molecule has 0 spiro atoms. The summed E-state index contributed by atoms with van der Waals surface area (Å²) in [6.07, 6.45) is 2.79. The van der Waals surface area contributed by atoms with Gasteiger partial charge < -0.3 is 10.2 Å². The number of hydrogen-bond donors (Lipinski definition) is 1. The largest absolute Gasteiger partial charge is 0.354 e. The lowest BCUT2D eigenvalue weighted by Gasteiger charge is -2.33. The van der Waals surface area contributed by atoms with Crippen LogP contribution in [0.3, 0.4) is 0 Å². The molecule has 0 aliphatic rings. The Kier molecular flexibility index (Phi) is 11.4. The molecule has 0 aliphatic heterocycles. The number of carbonyl (C=O) groups excluding carboxylic acids is 2. The lowest BCUT2D eigenvalue weighted by atomic mass is 10.0. The van der Waals surface area contributed by atoms with Crippen LogP contribution in [0.4, 0.5) is 10.1 Å². The van der Waals surface area contributed by atoms with Crippen molar-refractivity contribution in [2.45, 2.75) is 38.8 Å². The molecule has 1 atom stereocenters. The summed E-state index contributed by atoms with van der Waals surface area (Å²) in [4.78, 5) is 28.9. The van der Waals surface area contributed by atoms with Gasteiger partial charge >= 0.3 is 0 Å². The maximum Gasteiger partial charge on any atom is 0.244 e. The van der Waals surface area contributed by atoms with Gasteiger partial charge in [-0.3, -0.25) is 13.9 Å². The molecule has 0 radical (unpaired) electrons. The third-order valence-corrected chi connectivity index (χ3v) is 7.92. The van der Waals surface area contributed by atoms with E-state index < -0.39 is 34.3 Å². The molecule has 0 aliphatic carbocycles. The molecule has 0 saturated carbocycles. The average molecular weight is 609 g/mol. The second-order valence-electron chi connectivity index (χ2n) is 9.37. The number of benzene rings is 3. The van der Waals surface area contributed by atoms with E-state index in [2.05, 4.69) is 5.32 Å². The Morgan fingerprint density at radius 1 is 0.975 bits per heavy atom. The molecule has 0 fully saturated rings. The quantitative estimate of drug-likeness (QED) is 0.262. The average Bonchev–Trinajstić information content (AvgIpc) is 2.92. The molecule has 0 aromatic heterocycles. The first-order valence-corrected chi connectivity index (χ1v) is 15.4. The van der Waals surface area contributed by atoms with Crippen molar-refractivity contribution in [3.8, 4) is 0 Å². The number of amides is 2. The van der Waals surface area contributed by atoms with Gasteiger partial charge in [0.2, 0.25) is 21.8 Å². The summed E-state index contributed by atoms with van der Waals surface area (Å²) in [6.45, 7) is 1.84. The fraction of sp³-hybridized carbons (Fsp3) is 0.310. The molecule has 1 N–H and O–H groups in total. The van der Waals surface area contributed by atoms with Crippen LogP contribution >= 0.6 is 23.2 Å². The first-order valence-electron chi connectivity index (χ1n) is 12.8. The molecule has 214 valence electrons. The Morgan fingerprint density at radius 2 is 1.65 bits per heavy atom. The Bertz CT molecular complexity index is 1410. The zero-order valence-corrected chi connectivity index (χ0v) is 24.6. The Balaban J connectivity index is 2.03. The van der Waals surface area contributed by atoms with Gasteiger partial charge in [-0.1, -0.05) is 79.0 Å². The van der Waals surface area contributed by atoms with E-state index in [1.165, 1.54) is 11.0 Å². The Morgan fingerprint density at radius 3 is 2.25 bits per heavy atom. The van der Waals surface area contributed by atoms with Crippen molar-refractivity contribution < 1.29 is 22.4 Å². The highest BCUT2D eigenvalue weighted by molar-refractivity contribution is 7.92. The van der Waals surface area contributed by atoms with Crippen LogP contribution in [0.2, 0.25) is 10.0 Å². The van der Waals surface area contributed by atoms with Crippen molar-refractivity contribution in [3.63, 3.8) is 0 Å². The number of hydrogen-bond acceptors (Lipinski definition) is 4. The molecule has 0 bridgehead atoms. The molecule has 2 amide bonds. The van der Waals surface area contributed by atoms with Gasteiger partial charge in [-0.15, -0.1) is 0 Å². The number of rotatable bonds is 13. The fourth-order valence-corrected chi connectivity index (χ4v) is 5.24. The van der Waals surface area contributed by atoms with E-state index in [1.54, 1.807) is 24.3 Å². The SMILES string of the molecule is CCCCNC(=O)[C@H](Cc1ccccc1)N(Cc1ccc(Cl)cc1)C(=O)CN(c1ccc(F)c(Cl)c1)S(C)(=O)=O. The van der Waals surface area contributed by atoms with Crippen molar-refractivity contribution in [1.29, 1.82) is 0 Å². The van der Waals surface area contributed by atoms with Gasteiger partial charge in [-0.25, -0.2) is 12.8 Å². The summed E-state index contributed by atoms with van der Waals surface area (Å²) in [7, 11) is -3.99. The van der Waals surface area contributed by atoms with Crippen LogP contribution in [-0.4, -0.2) is 50.5 Å². The van der Waals surface area contributed by atoms with Crippen LogP contribution in [0.1, 0.15) is 30.9 Å². The summed E-state index contributed by atoms with van der Waals surface area (Å²) < 4.78 is 40.2. The van der Waals surface area contributed by atoms with E-state index in [0.29, 0.717) is 17.1 Å². The van der Waals surface area contributed by atoms with E-state index in [0.717, 1.165) is 41.1 Å². The fourth-order valence-electron chi connectivity index (χ4n) is 4.10. The predicted molar refractivity (Wildman–Crippen MR) is 157 cm³/mol. The molecule has 7 nitrogen and oxygen atoms in total. The molecule has 3 aromatic rings. The monoisotopic (exact) mass is 607 g/mol. The molecule has 0 unspecified atom stereocenters. The van der Waals surface area contributed by atoms with Crippen molar-refractivity contribution in [3.05, 3.63) is 99.8 Å². The van der Waals surface area contributed by atoms with E-state index in [1.807, 2.05) is 37.3 Å². The van der Waals surface area contributed by atoms with Crippen LogP contribution in [0, 0.1) is 5.82 Å². The highest BCUT2D eigenvalue weighted by Gasteiger charge is 2.33. The van der Waals surface area contributed by atoms with Gasteiger partial charge in [0, 0.05) is 24.5 Å². The zero-order valence-electron chi connectivity index (χ0n) is 22.3. The first-order chi connectivity index (χ1) is 19.0. The van der Waals surface area contributed by atoms with Gasteiger partial charge in [0.05, 0.1) is 17.0 Å². The van der Waals surface area contributed by atoms with Crippen LogP contribution in [0.25, 0.3) is 0 Å². The summed E-state index contributed by atoms with van der Waals surface area (Å²) in [6, 6.07) is 18.6. The number of nitrogens with zero attached hydrogens (tertiary/aromatic N) is 2. The summed E-state index contributed by atoms with van der Waals surface area (Å²) in [5.41, 5.74) is 1.56. The van der Waals surface area contributed by atoms with Gasteiger partial charge in [-0.05, 0) is 47.9 Å². The normalized spacial score (nSPS) is 12.0. The van der Waals surface area contributed by atoms with Crippen LogP contribution in [0.5, 0.6) is 0 Å². The number of halogens is 3. The second kappa shape index (κ2) is 14.5. The number of sulfonamides is 1. The van der Waals surface area contributed by atoms with Gasteiger partial charge in [-0.2, -0.15) is 0 Å². The molecule has 11 heteroatoms. The summed E-state index contributed by atoms with van der Waals surface area (Å²) >= 11 is 12.0. The molecular formula is C29H32Cl2FN3O4S. The Labute approximate surface area is 244 Å². The van der Waals surface area contributed by atoms with Crippen LogP contribution in [-0.2, 0) is 32.6 Å². The van der Waals surface area contributed by atoms with Crippen molar-refractivity contribution in [1.82, 2.24) is 10.2 Å². The molecule has 0 saturated heterocycles. The van der Waals surface area contributed by atoms with Gasteiger partial charge in [0.15, 0.2) is 0 Å². The standard InChI is InChI=1S/C29H32Cl2FN3O4S/c1-3-4-16-33-29(37)27(17-21-8-6-5-7-9-21)34(19-22-10-12-23(30)13-11-22)28(36)20-35(40(2,38)39)24-14-15-26(32)25(31)18-24/h5-15,18,27H,3-4,16-17,19-20H2,1-2H3,(H,33,37)/t27-/m0/s1. The van der Waals surface area contributed by atoms with E-state index in [-0.39, 0.29) is 29.6 Å². The minimum Gasteiger partial charge on any atom is -0.354 e. The van der Waals surface area contributed by atoms with Crippen molar-refractivity contribution in [2.24, 2.45) is 0 Å². The van der Waals surface area contributed by atoms with Gasteiger partial charge in [0.25, 0.3) is 0 Å². The lowest BCUT2D eigenvalue weighted by Crippen LogP contribution is -2.53. The minimum absolute atomic E-state index is 0.0243. The highest BCUT2D eigenvalue weighted by Crippen LogP contribution is 2.25. The molecular weight excluding hydrogens is 576 g/mol. The van der Waals surface area contributed by atoms with E-state index in [9.17, 15) is 22.4 Å². The van der Waals surface area contributed by atoms with Gasteiger partial charge in [0.1, 0.15) is 18.4 Å². The first kappa shape index (κ1) is 31.4. The third-order valence-electron chi connectivity index (χ3n) is 6.24. The zero-order chi connectivity index (χ0) is 29.3. The number of carbonyl (C=O) groups is 2. The molecule has 3 rings (SSSR count). The summed E-state index contributed by atoms with van der Waals surface area (Å²) in [5.74, 6) is -1.69. The lowest BCUT2D eigenvalue weighted by molar-refractivity contribution is -0.140.